The fraction of sp³-hybridized carbons (Fsp3) is 0.458. The molecule has 0 saturated carbocycles. The van der Waals surface area contributed by atoms with E-state index in [1.54, 1.807) is 0 Å². The zero-order chi connectivity index (χ0) is 23.4. The van der Waals surface area contributed by atoms with Crippen LogP contribution in [-0.2, 0) is 17.0 Å². The van der Waals surface area contributed by atoms with E-state index in [0.29, 0.717) is 23.5 Å². The third-order valence-corrected chi connectivity index (χ3v) is 8.05. The molecule has 2 aromatic heterocycles. The van der Waals surface area contributed by atoms with Gasteiger partial charge in [0, 0.05) is 11.4 Å². The van der Waals surface area contributed by atoms with Crippen LogP contribution in [0.3, 0.4) is 0 Å². The summed E-state index contributed by atoms with van der Waals surface area (Å²) in [6.07, 6.45) is 1.01. The number of H-pyrrole nitrogens is 1. The number of thioether (sulfide) groups is 1. The van der Waals surface area contributed by atoms with Gasteiger partial charge in [-0.25, -0.2) is 4.98 Å². The van der Waals surface area contributed by atoms with Gasteiger partial charge < -0.3 is 15.2 Å². The van der Waals surface area contributed by atoms with Crippen LogP contribution in [0.5, 0.6) is 0 Å². The van der Waals surface area contributed by atoms with Crippen molar-refractivity contribution >= 4 is 39.2 Å². The summed E-state index contributed by atoms with van der Waals surface area (Å²) in [6, 6.07) is 8.67. The number of amides is 1. The molecule has 2 N–H and O–H groups in total. The van der Waals surface area contributed by atoms with Crippen molar-refractivity contribution in [1.29, 1.82) is 0 Å². The molecule has 6 nitrogen and oxygen atoms in total. The largest absolute Gasteiger partial charge is 0.353 e. The van der Waals surface area contributed by atoms with Gasteiger partial charge in [0.05, 0.1) is 22.4 Å². The van der Waals surface area contributed by atoms with Gasteiger partial charge in [-0.2, -0.15) is 0 Å². The van der Waals surface area contributed by atoms with E-state index in [-0.39, 0.29) is 22.8 Å². The second kappa shape index (κ2) is 10.6. The van der Waals surface area contributed by atoms with Gasteiger partial charge in [0.15, 0.2) is 0 Å². The summed E-state index contributed by atoms with van der Waals surface area (Å²) in [6.45, 7) is 8.52. The molecule has 8 heteroatoms. The maximum Gasteiger partial charge on any atom is 0.259 e. The first-order chi connectivity index (χ1) is 15.2. The van der Waals surface area contributed by atoms with E-state index in [2.05, 4.69) is 51.4 Å². The van der Waals surface area contributed by atoms with Crippen molar-refractivity contribution in [3.63, 3.8) is 0 Å². The summed E-state index contributed by atoms with van der Waals surface area (Å²) >= 11 is 3.01. The molecule has 172 valence electrons. The Hall–Kier alpha value is -2.16. The Morgan fingerprint density at radius 1 is 1.25 bits per heavy atom. The molecule has 0 fully saturated rings. The normalized spacial score (nSPS) is 13.5. The van der Waals surface area contributed by atoms with Crippen molar-refractivity contribution in [3.05, 3.63) is 62.0 Å². The molecule has 0 aliphatic carbocycles. The predicted molar refractivity (Wildman–Crippen MR) is 136 cm³/mol. The Kier molecular flexibility index (Phi) is 8.14. The molecule has 2 heterocycles. The minimum absolute atomic E-state index is 0.0155. The molecule has 0 aliphatic heterocycles. The van der Waals surface area contributed by atoms with E-state index in [4.69, 9.17) is 0 Å². The Morgan fingerprint density at radius 2 is 1.94 bits per heavy atom. The molecule has 0 radical (unpaired) electrons. The second-order valence-corrected chi connectivity index (χ2v) is 10.8. The van der Waals surface area contributed by atoms with Gasteiger partial charge >= 0.3 is 0 Å². The minimum atomic E-state index is -0.256. The number of hydrogen-bond acceptors (Lipinski definition) is 6. The lowest BCUT2D eigenvalue weighted by Gasteiger charge is -2.26. The first kappa shape index (κ1) is 24.5. The topological polar surface area (TPSA) is 78.1 Å². The first-order valence-corrected chi connectivity index (χ1v) is 12.7. The van der Waals surface area contributed by atoms with Crippen LogP contribution in [-0.4, -0.2) is 46.7 Å². The quantitative estimate of drug-likeness (QED) is 0.488. The van der Waals surface area contributed by atoms with E-state index < -0.39 is 0 Å². The van der Waals surface area contributed by atoms with Gasteiger partial charge in [0.2, 0.25) is 5.91 Å². The lowest BCUT2D eigenvalue weighted by molar-refractivity contribution is -0.120. The van der Waals surface area contributed by atoms with Crippen molar-refractivity contribution in [2.45, 2.75) is 51.2 Å². The molecule has 1 amide bonds. The molecule has 1 aromatic carbocycles. The maximum absolute atomic E-state index is 12.7. The molecule has 0 spiro atoms. The Balaban J connectivity index is 1.59. The van der Waals surface area contributed by atoms with Crippen LogP contribution in [0, 0.1) is 13.8 Å². The number of rotatable bonds is 9. The number of aromatic nitrogens is 2. The number of hydrogen-bond donors (Lipinski definition) is 2. The third-order valence-electron chi connectivity index (χ3n) is 5.79. The van der Waals surface area contributed by atoms with Gasteiger partial charge in [-0.05, 0) is 58.0 Å². The highest BCUT2D eigenvalue weighted by atomic mass is 32.2. The van der Waals surface area contributed by atoms with Gasteiger partial charge in [0.25, 0.3) is 5.56 Å². The standard InChI is InChI=1S/C24H32N4O2S2/c1-7-17-8-10-18(11-9-17)19(28(5)6)12-25-22(29)16(4)31-13-20-26-23(30)21-14(2)15(3)32-24(21)27-20/h8-11,16,19H,7,12-13H2,1-6H3,(H,25,29)(H,26,27,30). The van der Waals surface area contributed by atoms with Crippen molar-refractivity contribution in [2.24, 2.45) is 0 Å². The van der Waals surface area contributed by atoms with Crippen LogP contribution < -0.4 is 10.9 Å². The van der Waals surface area contributed by atoms with E-state index in [1.807, 2.05) is 34.9 Å². The molecule has 2 atom stereocenters. The summed E-state index contributed by atoms with van der Waals surface area (Å²) in [5, 5.41) is 3.51. The zero-order valence-electron chi connectivity index (χ0n) is 19.6. The van der Waals surface area contributed by atoms with E-state index >= 15 is 0 Å². The molecule has 3 rings (SSSR count). The number of carbonyl (C=O) groups excluding carboxylic acids is 1. The van der Waals surface area contributed by atoms with Gasteiger partial charge in [-0.15, -0.1) is 23.1 Å². The number of aryl methyl sites for hydroxylation is 3. The lowest BCUT2D eigenvalue weighted by Crippen LogP contribution is -2.38. The summed E-state index contributed by atoms with van der Waals surface area (Å²) in [4.78, 5) is 36.6. The summed E-state index contributed by atoms with van der Waals surface area (Å²) in [5.41, 5.74) is 3.38. The number of carbonyl (C=O) groups is 1. The molecule has 2 unspecified atom stereocenters. The number of nitrogens with one attached hydrogen (secondary N) is 2. The van der Waals surface area contributed by atoms with Crippen molar-refractivity contribution in [3.8, 4) is 0 Å². The molecule has 0 saturated heterocycles. The maximum atomic E-state index is 12.7. The number of aromatic amines is 1. The predicted octanol–water partition coefficient (Wildman–Crippen LogP) is 4.20. The van der Waals surface area contributed by atoms with Gasteiger partial charge in [0.1, 0.15) is 10.7 Å². The Bertz CT molecular complexity index is 1140. The van der Waals surface area contributed by atoms with Crippen LogP contribution in [0.4, 0.5) is 0 Å². The van der Waals surface area contributed by atoms with Crippen LogP contribution in [0.2, 0.25) is 0 Å². The zero-order valence-corrected chi connectivity index (χ0v) is 21.2. The molecular formula is C24H32N4O2S2. The SMILES string of the molecule is CCc1ccc(C(CNC(=O)C(C)SCc2nc3sc(C)c(C)c3c(=O)[nH]2)N(C)C)cc1. The first-order valence-electron chi connectivity index (χ1n) is 10.8. The van der Waals surface area contributed by atoms with Crippen LogP contribution in [0.15, 0.2) is 29.1 Å². The molecule has 0 aliphatic rings. The smallest absolute Gasteiger partial charge is 0.259 e. The third kappa shape index (κ3) is 5.60. The highest BCUT2D eigenvalue weighted by molar-refractivity contribution is 7.99. The number of thiophene rings is 1. The van der Waals surface area contributed by atoms with Crippen molar-refractivity contribution in [1.82, 2.24) is 20.2 Å². The Morgan fingerprint density at radius 3 is 2.56 bits per heavy atom. The van der Waals surface area contributed by atoms with Crippen molar-refractivity contribution in [2.75, 3.05) is 20.6 Å². The number of fused-ring (bicyclic) bond motifs is 1. The average molecular weight is 473 g/mol. The molecule has 3 aromatic rings. The fourth-order valence-corrected chi connectivity index (χ4v) is 5.39. The number of benzene rings is 1. The minimum Gasteiger partial charge on any atom is -0.353 e. The summed E-state index contributed by atoms with van der Waals surface area (Å²) in [5.74, 6) is 1.07. The van der Waals surface area contributed by atoms with E-state index in [0.717, 1.165) is 21.7 Å². The highest BCUT2D eigenvalue weighted by Crippen LogP contribution is 2.26. The average Bonchev–Trinajstić information content (AvgIpc) is 3.05. The number of likely N-dealkylation sites (N-methyl/N-ethyl adjacent to an activating group) is 1. The molecule has 32 heavy (non-hydrogen) atoms. The van der Waals surface area contributed by atoms with Crippen LogP contribution in [0.25, 0.3) is 10.2 Å². The van der Waals surface area contributed by atoms with Crippen molar-refractivity contribution < 1.29 is 4.79 Å². The fourth-order valence-electron chi connectivity index (χ4n) is 3.56. The molecular weight excluding hydrogens is 440 g/mol. The number of nitrogens with zero attached hydrogens (tertiary/aromatic N) is 2. The highest BCUT2D eigenvalue weighted by Gasteiger charge is 2.19. The van der Waals surface area contributed by atoms with Gasteiger partial charge in [-0.1, -0.05) is 31.2 Å². The van der Waals surface area contributed by atoms with Crippen LogP contribution >= 0.6 is 23.1 Å². The molecule has 0 bridgehead atoms. The van der Waals surface area contributed by atoms with E-state index in [9.17, 15) is 9.59 Å². The summed E-state index contributed by atoms with van der Waals surface area (Å²) < 4.78 is 0. The van der Waals surface area contributed by atoms with Gasteiger partial charge in [-0.3, -0.25) is 9.59 Å². The summed E-state index contributed by atoms with van der Waals surface area (Å²) in [7, 11) is 4.05. The Labute approximate surface area is 197 Å². The van der Waals surface area contributed by atoms with E-state index in [1.165, 1.54) is 34.2 Å². The second-order valence-electron chi connectivity index (χ2n) is 8.25. The lowest BCUT2D eigenvalue weighted by atomic mass is 10.0. The monoisotopic (exact) mass is 472 g/mol. The van der Waals surface area contributed by atoms with Crippen LogP contribution in [0.1, 0.15) is 47.3 Å².